The molecule has 0 aliphatic rings. The molecule has 0 spiro atoms. The second-order valence-corrected chi connectivity index (χ2v) is 6.71. The molecule has 2 aromatic rings. The van der Waals surface area contributed by atoms with Crippen molar-refractivity contribution in [2.45, 2.75) is 39.5 Å². The first-order chi connectivity index (χ1) is 13.8. The molecule has 2 aromatic carbocycles. The van der Waals surface area contributed by atoms with Gasteiger partial charge in [0.05, 0.1) is 0 Å². The number of benzene rings is 2. The van der Waals surface area contributed by atoms with Crippen LogP contribution in [0, 0.1) is 0 Å². The minimum Gasteiger partial charge on any atom is -0.435 e. The lowest BCUT2D eigenvalue weighted by molar-refractivity contribution is -0.0498. The number of urea groups is 1. The van der Waals surface area contributed by atoms with Crippen LogP contribution in [0.4, 0.5) is 13.6 Å². The van der Waals surface area contributed by atoms with Crippen molar-refractivity contribution in [1.82, 2.24) is 16.0 Å². The van der Waals surface area contributed by atoms with E-state index in [1.807, 2.05) is 13.8 Å². The third kappa shape index (κ3) is 8.16. The van der Waals surface area contributed by atoms with Crippen LogP contribution in [0.15, 0.2) is 48.5 Å². The normalized spacial score (nSPS) is 10.7. The van der Waals surface area contributed by atoms with E-state index in [1.165, 1.54) is 12.1 Å². The highest BCUT2D eigenvalue weighted by atomic mass is 19.3. The second kappa shape index (κ2) is 11.0. The van der Waals surface area contributed by atoms with Gasteiger partial charge in [-0.25, -0.2) is 4.79 Å². The van der Waals surface area contributed by atoms with Gasteiger partial charge in [-0.2, -0.15) is 8.78 Å². The highest BCUT2D eigenvalue weighted by Crippen LogP contribution is 2.15. The van der Waals surface area contributed by atoms with Crippen molar-refractivity contribution in [3.63, 3.8) is 0 Å². The number of hydrogen-bond donors (Lipinski definition) is 3. The van der Waals surface area contributed by atoms with Crippen molar-refractivity contribution in [2.24, 2.45) is 0 Å². The summed E-state index contributed by atoms with van der Waals surface area (Å²) in [7, 11) is 0. The summed E-state index contributed by atoms with van der Waals surface area (Å²) in [6, 6.07) is 13.1. The van der Waals surface area contributed by atoms with E-state index in [2.05, 4.69) is 20.7 Å². The van der Waals surface area contributed by atoms with Crippen molar-refractivity contribution >= 4 is 11.9 Å². The summed E-state index contributed by atoms with van der Waals surface area (Å²) in [5.74, 6) is -0.108. The fourth-order valence-corrected chi connectivity index (χ4v) is 2.53. The Hall–Kier alpha value is -3.16. The Kier molecular flexibility index (Phi) is 8.39. The molecule has 8 heteroatoms. The van der Waals surface area contributed by atoms with E-state index < -0.39 is 6.61 Å². The van der Waals surface area contributed by atoms with Gasteiger partial charge in [0.15, 0.2) is 0 Å². The highest BCUT2D eigenvalue weighted by Gasteiger charge is 2.07. The summed E-state index contributed by atoms with van der Waals surface area (Å²) in [5.41, 5.74) is 2.29. The summed E-state index contributed by atoms with van der Waals surface area (Å²) in [6.45, 7) is 1.69. The summed E-state index contributed by atoms with van der Waals surface area (Å²) in [5, 5.41) is 8.30. The molecule has 0 radical (unpaired) electrons. The van der Waals surface area contributed by atoms with E-state index in [9.17, 15) is 18.4 Å². The van der Waals surface area contributed by atoms with Gasteiger partial charge in [-0.05, 0) is 55.7 Å². The first kappa shape index (κ1) is 22.1. The molecule has 0 unspecified atom stereocenters. The molecule has 0 fully saturated rings. The lowest BCUT2D eigenvalue weighted by Gasteiger charge is -2.10. The lowest BCUT2D eigenvalue weighted by atomic mass is 10.1. The summed E-state index contributed by atoms with van der Waals surface area (Å²) in [4.78, 5) is 23.8. The average Bonchev–Trinajstić information content (AvgIpc) is 2.67. The molecule has 0 saturated carbocycles. The average molecular weight is 405 g/mol. The molecular weight excluding hydrogens is 380 g/mol. The summed E-state index contributed by atoms with van der Waals surface area (Å²) >= 11 is 0. The van der Waals surface area contributed by atoms with E-state index in [0.717, 1.165) is 11.1 Å². The molecule has 0 bridgehead atoms. The highest BCUT2D eigenvalue weighted by molar-refractivity contribution is 5.94. The maximum atomic E-state index is 12.2. The van der Waals surface area contributed by atoms with Crippen LogP contribution in [-0.4, -0.2) is 31.1 Å². The number of rotatable bonds is 9. The summed E-state index contributed by atoms with van der Waals surface area (Å²) in [6.07, 6.45) is 0.563. The number of nitrogens with one attached hydrogen (secondary N) is 3. The molecule has 0 aromatic heterocycles. The molecule has 0 aliphatic heterocycles. The molecule has 29 heavy (non-hydrogen) atoms. The van der Waals surface area contributed by atoms with Gasteiger partial charge in [-0.1, -0.05) is 24.3 Å². The van der Waals surface area contributed by atoms with Crippen LogP contribution in [0.3, 0.4) is 0 Å². The van der Waals surface area contributed by atoms with Crippen LogP contribution in [0.2, 0.25) is 0 Å². The second-order valence-electron chi connectivity index (χ2n) is 6.71. The maximum absolute atomic E-state index is 12.2. The first-order valence-electron chi connectivity index (χ1n) is 9.28. The lowest BCUT2D eigenvalue weighted by Crippen LogP contribution is -2.39. The Morgan fingerprint density at radius 2 is 1.55 bits per heavy atom. The van der Waals surface area contributed by atoms with Gasteiger partial charge < -0.3 is 20.7 Å². The fourth-order valence-electron chi connectivity index (χ4n) is 2.53. The van der Waals surface area contributed by atoms with Crippen molar-refractivity contribution < 1.29 is 23.1 Å². The largest absolute Gasteiger partial charge is 0.435 e. The van der Waals surface area contributed by atoms with Crippen molar-refractivity contribution in [3.05, 3.63) is 65.2 Å². The molecule has 3 amide bonds. The number of amides is 3. The van der Waals surface area contributed by atoms with Crippen LogP contribution in [-0.2, 0) is 13.0 Å². The molecule has 0 saturated heterocycles. The zero-order valence-electron chi connectivity index (χ0n) is 16.4. The Balaban J connectivity index is 1.75. The van der Waals surface area contributed by atoms with E-state index in [-0.39, 0.29) is 23.7 Å². The Bertz CT molecular complexity index is 794. The SMILES string of the molecule is CC(C)NC(=O)NCc1ccc(C(=O)NCCc2ccc(OC(F)F)cc2)cc1. The molecular formula is C21H25F2N3O3. The number of hydrogen-bond acceptors (Lipinski definition) is 3. The van der Waals surface area contributed by atoms with E-state index in [4.69, 9.17) is 0 Å². The van der Waals surface area contributed by atoms with Gasteiger partial charge in [-0.3, -0.25) is 4.79 Å². The van der Waals surface area contributed by atoms with Crippen molar-refractivity contribution in [2.75, 3.05) is 6.54 Å². The summed E-state index contributed by atoms with van der Waals surface area (Å²) < 4.78 is 28.6. The Morgan fingerprint density at radius 3 is 2.14 bits per heavy atom. The zero-order chi connectivity index (χ0) is 21.2. The van der Waals surface area contributed by atoms with E-state index in [1.54, 1.807) is 36.4 Å². The van der Waals surface area contributed by atoms with Gasteiger partial charge in [-0.15, -0.1) is 0 Å². The van der Waals surface area contributed by atoms with Gasteiger partial charge in [0.25, 0.3) is 5.91 Å². The van der Waals surface area contributed by atoms with Crippen molar-refractivity contribution in [1.29, 1.82) is 0 Å². The van der Waals surface area contributed by atoms with Crippen LogP contribution in [0.25, 0.3) is 0 Å². The number of halogens is 2. The molecule has 2 rings (SSSR count). The van der Waals surface area contributed by atoms with Crippen LogP contribution < -0.4 is 20.7 Å². The van der Waals surface area contributed by atoms with Gasteiger partial charge in [0.1, 0.15) is 5.75 Å². The smallest absolute Gasteiger partial charge is 0.387 e. The predicted octanol–water partition coefficient (Wildman–Crippen LogP) is 3.47. The zero-order valence-corrected chi connectivity index (χ0v) is 16.4. The maximum Gasteiger partial charge on any atom is 0.387 e. The first-order valence-corrected chi connectivity index (χ1v) is 9.28. The molecule has 156 valence electrons. The predicted molar refractivity (Wildman–Crippen MR) is 106 cm³/mol. The van der Waals surface area contributed by atoms with Crippen LogP contribution >= 0.6 is 0 Å². The van der Waals surface area contributed by atoms with Gasteiger partial charge in [0, 0.05) is 24.7 Å². The Morgan fingerprint density at radius 1 is 0.931 bits per heavy atom. The van der Waals surface area contributed by atoms with E-state index in [0.29, 0.717) is 25.1 Å². The fraction of sp³-hybridized carbons (Fsp3) is 0.333. The van der Waals surface area contributed by atoms with Crippen LogP contribution in [0.5, 0.6) is 5.75 Å². The third-order valence-corrected chi connectivity index (χ3v) is 3.94. The standard InChI is InChI=1S/C21H25F2N3O3/c1-14(2)26-21(28)25-13-16-3-7-17(8-4-16)19(27)24-12-11-15-5-9-18(10-6-15)29-20(22)23/h3-10,14,20H,11-13H2,1-2H3,(H,24,27)(H2,25,26,28). The van der Waals surface area contributed by atoms with E-state index >= 15 is 0 Å². The van der Waals surface area contributed by atoms with Gasteiger partial charge >= 0.3 is 12.6 Å². The molecule has 6 nitrogen and oxygen atoms in total. The minimum absolute atomic E-state index is 0.0602. The molecule has 0 atom stereocenters. The molecule has 3 N–H and O–H groups in total. The van der Waals surface area contributed by atoms with Gasteiger partial charge in [0.2, 0.25) is 0 Å². The topological polar surface area (TPSA) is 79.5 Å². The quantitative estimate of drug-likeness (QED) is 0.598. The van der Waals surface area contributed by atoms with Crippen LogP contribution in [0.1, 0.15) is 35.3 Å². The minimum atomic E-state index is -2.85. The Labute approximate surface area is 168 Å². The third-order valence-electron chi connectivity index (χ3n) is 3.94. The number of alkyl halides is 2. The number of carbonyl (C=O) groups is 2. The number of ether oxygens (including phenoxy) is 1. The van der Waals surface area contributed by atoms with Crippen molar-refractivity contribution in [3.8, 4) is 5.75 Å². The molecule has 0 aliphatic carbocycles. The number of carbonyl (C=O) groups excluding carboxylic acids is 2. The monoisotopic (exact) mass is 405 g/mol. The molecule has 0 heterocycles.